The number of fused-ring (bicyclic) bond motifs is 4. The molecule has 2 atom stereocenters. The molecule has 0 bridgehead atoms. The Morgan fingerprint density at radius 2 is 2.16 bits per heavy atom. The van der Waals surface area contributed by atoms with Crippen molar-refractivity contribution in [3.8, 4) is 22.9 Å². The van der Waals surface area contributed by atoms with Gasteiger partial charge in [0.25, 0.3) is 0 Å². The largest absolute Gasteiger partial charge is 0.493 e. The van der Waals surface area contributed by atoms with E-state index in [1.54, 1.807) is 11.3 Å². The molecular formula is C21H18N2OS. The molecule has 0 saturated carbocycles. The molecule has 4 heteroatoms. The van der Waals surface area contributed by atoms with Crippen LogP contribution in [-0.4, -0.2) is 24.6 Å². The zero-order valence-electron chi connectivity index (χ0n) is 13.8. The molecule has 124 valence electrons. The van der Waals surface area contributed by atoms with E-state index in [0.717, 1.165) is 37.6 Å². The van der Waals surface area contributed by atoms with Crippen LogP contribution >= 0.6 is 11.3 Å². The Bertz CT molecular complexity index is 941. The third-order valence-corrected chi connectivity index (χ3v) is 6.21. The lowest BCUT2D eigenvalue weighted by molar-refractivity contribution is 0.212. The van der Waals surface area contributed by atoms with Crippen LogP contribution in [0.25, 0.3) is 11.1 Å². The standard InChI is InChI=1S/C21H18N2OS/c22-8-14-1-4-21-19(7-14)20-11-23(10-17(20)12-24-21)9-15-2-3-16-13-25-6-5-18(15)16/h1-7,13,17,20H,9-12H2. The lowest BCUT2D eigenvalue weighted by Gasteiger charge is -2.27. The number of rotatable bonds is 2. The number of ether oxygens (including phenoxy) is 1. The number of likely N-dealkylation sites (tertiary alicyclic amines) is 1. The Balaban J connectivity index is 1.40. The van der Waals surface area contributed by atoms with E-state index in [1.807, 2.05) is 18.2 Å². The Morgan fingerprint density at radius 1 is 1.20 bits per heavy atom. The van der Waals surface area contributed by atoms with Crippen molar-refractivity contribution < 1.29 is 4.74 Å². The van der Waals surface area contributed by atoms with Crippen LogP contribution in [0.2, 0.25) is 0 Å². The minimum absolute atomic E-state index is 0.473. The van der Waals surface area contributed by atoms with Crippen LogP contribution in [0, 0.1) is 17.2 Å². The monoisotopic (exact) mass is 346 g/mol. The predicted molar refractivity (Wildman–Crippen MR) is 99.1 cm³/mol. The van der Waals surface area contributed by atoms with Gasteiger partial charge in [0, 0.05) is 37.0 Å². The highest BCUT2D eigenvalue weighted by Gasteiger charge is 2.39. The molecule has 0 amide bonds. The second-order valence-corrected chi connectivity index (χ2v) is 7.80. The van der Waals surface area contributed by atoms with E-state index in [0.29, 0.717) is 11.8 Å². The van der Waals surface area contributed by atoms with Crippen molar-refractivity contribution in [3.05, 3.63) is 63.8 Å². The van der Waals surface area contributed by atoms with Crippen molar-refractivity contribution in [2.75, 3.05) is 19.7 Å². The molecule has 0 aromatic heterocycles. The van der Waals surface area contributed by atoms with Crippen molar-refractivity contribution in [1.82, 2.24) is 4.90 Å². The summed E-state index contributed by atoms with van der Waals surface area (Å²) in [6, 6.07) is 14.8. The molecule has 0 radical (unpaired) electrons. The summed E-state index contributed by atoms with van der Waals surface area (Å²) in [7, 11) is 0. The summed E-state index contributed by atoms with van der Waals surface area (Å²) in [5, 5.41) is 13.6. The SMILES string of the molecule is N#Cc1ccc2c(c1)C1CN(Cc3ccc4csccc3-4)CC1CO2. The number of hydrogen-bond acceptors (Lipinski definition) is 4. The normalized spacial score (nSPS) is 22.2. The van der Waals surface area contributed by atoms with Crippen LogP contribution in [0.15, 0.2) is 47.2 Å². The third-order valence-electron chi connectivity index (χ3n) is 5.53. The lowest BCUT2D eigenvalue weighted by Crippen LogP contribution is -2.25. The molecule has 5 rings (SSSR count). The maximum Gasteiger partial charge on any atom is 0.122 e. The summed E-state index contributed by atoms with van der Waals surface area (Å²) in [4.78, 5) is 2.54. The minimum Gasteiger partial charge on any atom is -0.493 e. The summed E-state index contributed by atoms with van der Waals surface area (Å²) in [6.45, 7) is 3.86. The molecular weight excluding hydrogens is 328 g/mol. The van der Waals surface area contributed by atoms with Gasteiger partial charge in [0.2, 0.25) is 0 Å². The summed E-state index contributed by atoms with van der Waals surface area (Å²) >= 11 is 1.74. The van der Waals surface area contributed by atoms with Crippen LogP contribution in [0.1, 0.15) is 22.6 Å². The second kappa shape index (κ2) is 5.87. The quantitative estimate of drug-likeness (QED) is 0.693. The zero-order valence-corrected chi connectivity index (χ0v) is 14.6. The molecule has 1 aromatic carbocycles. The van der Waals surface area contributed by atoms with Gasteiger partial charge in [-0.05, 0) is 51.7 Å². The fourth-order valence-electron chi connectivity index (χ4n) is 4.31. The van der Waals surface area contributed by atoms with Crippen molar-refractivity contribution in [1.29, 1.82) is 5.26 Å². The first-order valence-electron chi connectivity index (χ1n) is 8.65. The first-order chi connectivity index (χ1) is 12.3. The molecule has 3 nitrogen and oxygen atoms in total. The second-order valence-electron chi connectivity index (χ2n) is 7.02. The average Bonchev–Trinajstić information content (AvgIpc) is 3.26. The van der Waals surface area contributed by atoms with E-state index in [1.165, 1.54) is 22.3 Å². The average molecular weight is 346 g/mol. The van der Waals surface area contributed by atoms with E-state index in [9.17, 15) is 5.26 Å². The molecule has 1 aromatic rings. The van der Waals surface area contributed by atoms with Gasteiger partial charge in [-0.3, -0.25) is 4.90 Å². The van der Waals surface area contributed by atoms with Gasteiger partial charge >= 0.3 is 0 Å². The van der Waals surface area contributed by atoms with E-state index < -0.39 is 0 Å². The highest BCUT2D eigenvalue weighted by molar-refractivity contribution is 7.07. The van der Waals surface area contributed by atoms with Gasteiger partial charge in [0.1, 0.15) is 5.75 Å². The summed E-state index contributed by atoms with van der Waals surface area (Å²) in [5.41, 5.74) is 6.06. The fraction of sp³-hybridized carbons (Fsp3) is 0.286. The van der Waals surface area contributed by atoms with E-state index in [4.69, 9.17) is 4.74 Å². The maximum atomic E-state index is 9.20. The van der Waals surface area contributed by atoms with E-state index in [-0.39, 0.29) is 0 Å². The van der Waals surface area contributed by atoms with Crippen LogP contribution in [0.3, 0.4) is 0 Å². The highest BCUT2D eigenvalue weighted by atomic mass is 32.1. The van der Waals surface area contributed by atoms with Gasteiger partial charge in [0.05, 0.1) is 18.2 Å². The number of benzene rings is 1. The minimum atomic E-state index is 0.473. The molecule has 2 unspecified atom stereocenters. The van der Waals surface area contributed by atoms with Crippen LogP contribution in [-0.2, 0) is 6.54 Å². The Hall–Kier alpha value is -2.35. The van der Waals surface area contributed by atoms with Gasteiger partial charge in [0.15, 0.2) is 0 Å². The maximum absolute atomic E-state index is 9.20. The molecule has 3 aliphatic heterocycles. The summed E-state index contributed by atoms with van der Waals surface area (Å²) in [6.07, 6.45) is 0. The van der Waals surface area contributed by atoms with Crippen LogP contribution < -0.4 is 4.74 Å². The Kier molecular flexibility index (Phi) is 3.51. The lowest BCUT2D eigenvalue weighted by atomic mass is 9.86. The molecule has 1 saturated heterocycles. The Morgan fingerprint density at radius 3 is 3.08 bits per heavy atom. The van der Waals surface area contributed by atoms with Crippen molar-refractivity contribution in [2.45, 2.75) is 12.5 Å². The van der Waals surface area contributed by atoms with Crippen molar-refractivity contribution in [3.63, 3.8) is 0 Å². The third kappa shape index (κ3) is 2.52. The van der Waals surface area contributed by atoms with Gasteiger partial charge in [-0.15, -0.1) is 0 Å². The zero-order chi connectivity index (χ0) is 16.8. The van der Waals surface area contributed by atoms with E-state index >= 15 is 0 Å². The molecule has 0 N–H and O–H groups in total. The molecule has 4 aliphatic rings. The van der Waals surface area contributed by atoms with Crippen LogP contribution in [0.5, 0.6) is 5.75 Å². The summed E-state index contributed by atoms with van der Waals surface area (Å²) < 4.78 is 5.96. The first kappa shape index (κ1) is 14.9. The predicted octanol–water partition coefficient (Wildman–Crippen LogP) is 4.33. The van der Waals surface area contributed by atoms with Crippen molar-refractivity contribution in [2.24, 2.45) is 5.92 Å². The van der Waals surface area contributed by atoms with Gasteiger partial charge < -0.3 is 4.74 Å². The molecule has 0 spiro atoms. The summed E-state index contributed by atoms with van der Waals surface area (Å²) in [5.74, 6) is 1.95. The van der Waals surface area contributed by atoms with Crippen molar-refractivity contribution >= 4 is 11.3 Å². The number of hydrogen-bond donors (Lipinski definition) is 0. The molecule has 3 heterocycles. The van der Waals surface area contributed by atoms with E-state index in [2.05, 4.69) is 39.9 Å². The number of nitriles is 1. The topological polar surface area (TPSA) is 36.3 Å². The first-order valence-corrected chi connectivity index (χ1v) is 9.59. The molecule has 1 aliphatic carbocycles. The van der Waals surface area contributed by atoms with Gasteiger partial charge in [-0.25, -0.2) is 0 Å². The fourth-order valence-corrected chi connectivity index (χ4v) is 4.95. The van der Waals surface area contributed by atoms with Gasteiger partial charge in [-0.2, -0.15) is 16.6 Å². The van der Waals surface area contributed by atoms with Crippen LogP contribution in [0.4, 0.5) is 0 Å². The smallest absolute Gasteiger partial charge is 0.122 e. The molecule has 1 fully saturated rings. The highest BCUT2D eigenvalue weighted by Crippen LogP contribution is 2.42. The molecule has 25 heavy (non-hydrogen) atoms. The number of nitrogens with zero attached hydrogens (tertiary/aromatic N) is 2. The van der Waals surface area contributed by atoms with Gasteiger partial charge in [-0.1, -0.05) is 12.1 Å². The Labute approximate surface area is 151 Å².